The van der Waals surface area contributed by atoms with Crippen molar-refractivity contribution in [3.8, 4) is 0 Å². The van der Waals surface area contributed by atoms with Crippen molar-refractivity contribution in [2.24, 2.45) is 0 Å². The van der Waals surface area contributed by atoms with E-state index in [1.807, 2.05) is 23.1 Å². The van der Waals surface area contributed by atoms with Crippen LogP contribution < -0.4 is 10.6 Å². The second kappa shape index (κ2) is 7.72. The first-order chi connectivity index (χ1) is 9.79. The highest BCUT2D eigenvalue weighted by Crippen LogP contribution is 2.11. The number of hydrogen-bond acceptors (Lipinski definition) is 4. The van der Waals surface area contributed by atoms with Crippen LogP contribution in [-0.2, 0) is 4.79 Å². The van der Waals surface area contributed by atoms with E-state index in [1.165, 1.54) is 6.42 Å². The van der Waals surface area contributed by atoms with E-state index in [2.05, 4.69) is 22.5 Å². The summed E-state index contributed by atoms with van der Waals surface area (Å²) in [6.45, 7) is 5.14. The minimum absolute atomic E-state index is 0.165. The standard InChI is InChI=1S/C15H24N4O/c1-2-9-16-13-7-6-8-14(18-13)17-12-15(20)19-10-4-3-5-11-19/h6-8H,2-5,9-12H2,1H3,(H2,16,17,18). The van der Waals surface area contributed by atoms with E-state index in [0.717, 1.165) is 50.5 Å². The Kier molecular flexibility index (Phi) is 5.65. The van der Waals surface area contributed by atoms with E-state index in [9.17, 15) is 4.79 Å². The highest BCUT2D eigenvalue weighted by atomic mass is 16.2. The van der Waals surface area contributed by atoms with E-state index < -0.39 is 0 Å². The molecular formula is C15H24N4O. The number of carbonyl (C=O) groups is 1. The minimum atomic E-state index is 0.165. The maximum absolute atomic E-state index is 12.0. The fraction of sp³-hybridized carbons (Fsp3) is 0.600. The van der Waals surface area contributed by atoms with E-state index in [-0.39, 0.29) is 5.91 Å². The average Bonchev–Trinajstić information content (AvgIpc) is 2.52. The molecular weight excluding hydrogens is 252 g/mol. The molecule has 0 spiro atoms. The quantitative estimate of drug-likeness (QED) is 0.837. The molecule has 0 aliphatic carbocycles. The first-order valence-corrected chi connectivity index (χ1v) is 7.52. The molecule has 2 rings (SSSR count). The maximum atomic E-state index is 12.0. The molecule has 20 heavy (non-hydrogen) atoms. The van der Waals surface area contributed by atoms with Gasteiger partial charge in [0.1, 0.15) is 11.6 Å². The first-order valence-electron chi connectivity index (χ1n) is 7.52. The lowest BCUT2D eigenvalue weighted by molar-refractivity contribution is -0.130. The topological polar surface area (TPSA) is 57.3 Å². The van der Waals surface area contributed by atoms with Gasteiger partial charge in [-0.3, -0.25) is 4.79 Å². The number of likely N-dealkylation sites (tertiary alicyclic amines) is 1. The summed E-state index contributed by atoms with van der Waals surface area (Å²) < 4.78 is 0. The summed E-state index contributed by atoms with van der Waals surface area (Å²) in [6.07, 6.45) is 4.55. The zero-order valence-corrected chi connectivity index (χ0v) is 12.2. The van der Waals surface area contributed by atoms with Gasteiger partial charge in [0.25, 0.3) is 0 Å². The van der Waals surface area contributed by atoms with Crippen LogP contribution in [0.5, 0.6) is 0 Å². The zero-order chi connectivity index (χ0) is 14.2. The molecule has 0 unspecified atom stereocenters. The van der Waals surface area contributed by atoms with Gasteiger partial charge in [-0.1, -0.05) is 13.0 Å². The Morgan fingerprint density at radius 3 is 2.60 bits per heavy atom. The van der Waals surface area contributed by atoms with Gasteiger partial charge >= 0.3 is 0 Å². The monoisotopic (exact) mass is 276 g/mol. The summed E-state index contributed by atoms with van der Waals surface area (Å²) in [7, 11) is 0. The van der Waals surface area contributed by atoms with Crippen molar-refractivity contribution in [2.45, 2.75) is 32.6 Å². The number of anilines is 2. The molecule has 5 heteroatoms. The van der Waals surface area contributed by atoms with Crippen LogP contribution in [0.15, 0.2) is 18.2 Å². The van der Waals surface area contributed by atoms with Crippen LogP contribution in [-0.4, -0.2) is 42.0 Å². The number of hydrogen-bond donors (Lipinski definition) is 2. The van der Waals surface area contributed by atoms with Gasteiger partial charge in [-0.25, -0.2) is 4.98 Å². The first kappa shape index (κ1) is 14.6. The molecule has 1 amide bonds. The Morgan fingerprint density at radius 2 is 1.90 bits per heavy atom. The van der Waals surface area contributed by atoms with Crippen molar-refractivity contribution in [3.63, 3.8) is 0 Å². The third-order valence-electron chi connectivity index (χ3n) is 3.43. The van der Waals surface area contributed by atoms with E-state index in [1.54, 1.807) is 0 Å². The predicted octanol–water partition coefficient (Wildman–Crippen LogP) is 2.33. The summed E-state index contributed by atoms with van der Waals surface area (Å²) >= 11 is 0. The van der Waals surface area contributed by atoms with Crippen molar-refractivity contribution in [3.05, 3.63) is 18.2 Å². The van der Waals surface area contributed by atoms with Crippen molar-refractivity contribution < 1.29 is 4.79 Å². The van der Waals surface area contributed by atoms with Crippen LogP contribution in [0, 0.1) is 0 Å². The number of rotatable bonds is 6. The third kappa shape index (κ3) is 4.40. The fourth-order valence-corrected chi connectivity index (χ4v) is 2.31. The summed E-state index contributed by atoms with van der Waals surface area (Å²) in [5, 5.41) is 6.36. The van der Waals surface area contributed by atoms with Gasteiger partial charge in [0, 0.05) is 19.6 Å². The fourth-order valence-electron chi connectivity index (χ4n) is 2.31. The number of nitrogens with zero attached hydrogens (tertiary/aromatic N) is 2. The van der Waals surface area contributed by atoms with Gasteiger partial charge in [-0.15, -0.1) is 0 Å². The molecule has 110 valence electrons. The van der Waals surface area contributed by atoms with E-state index >= 15 is 0 Å². The van der Waals surface area contributed by atoms with Crippen LogP contribution in [0.2, 0.25) is 0 Å². The molecule has 5 nitrogen and oxygen atoms in total. The Balaban J connectivity index is 1.82. The zero-order valence-electron chi connectivity index (χ0n) is 12.2. The normalized spacial score (nSPS) is 14.9. The minimum Gasteiger partial charge on any atom is -0.370 e. The van der Waals surface area contributed by atoms with Gasteiger partial charge in [-0.05, 0) is 37.8 Å². The van der Waals surface area contributed by atoms with Crippen molar-refractivity contribution in [1.82, 2.24) is 9.88 Å². The highest BCUT2D eigenvalue weighted by molar-refractivity contribution is 5.80. The summed E-state index contributed by atoms with van der Waals surface area (Å²) in [4.78, 5) is 18.4. The van der Waals surface area contributed by atoms with E-state index in [4.69, 9.17) is 0 Å². The van der Waals surface area contributed by atoms with Crippen LogP contribution in [0.3, 0.4) is 0 Å². The maximum Gasteiger partial charge on any atom is 0.241 e. The number of piperidine rings is 1. The summed E-state index contributed by atoms with van der Waals surface area (Å²) in [5.74, 6) is 1.76. The van der Waals surface area contributed by atoms with Gasteiger partial charge in [0.05, 0.1) is 6.54 Å². The largest absolute Gasteiger partial charge is 0.370 e. The molecule has 1 aromatic rings. The van der Waals surface area contributed by atoms with Crippen molar-refractivity contribution in [1.29, 1.82) is 0 Å². The van der Waals surface area contributed by atoms with Crippen LogP contribution >= 0.6 is 0 Å². The van der Waals surface area contributed by atoms with Gasteiger partial charge in [0.15, 0.2) is 0 Å². The number of amides is 1. The van der Waals surface area contributed by atoms with Gasteiger partial charge < -0.3 is 15.5 Å². The smallest absolute Gasteiger partial charge is 0.241 e. The molecule has 2 N–H and O–H groups in total. The lowest BCUT2D eigenvalue weighted by Gasteiger charge is -2.26. The van der Waals surface area contributed by atoms with Crippen LogP contribution in [0.1, 0.15) is 32.6 Å². The number of carbonyl (C=O) groups excluding carboxylic acids is 1. The Labute approximate surface area is 120 Å². The van der Waals surface area contributed by atoms with Crippen LogP contribution in [0.25, 0.3) is 0 Å². The number of pyridine rings is 1. The predicted molar refractivity (Wildman–Crippen MR) is 81.9 cm³/mol. The lowest BCUT2D eigenvalue weighted by Crippen LogP contribution is -2.39. The molecule has 1 aliphatic rings. The Hall–Kier alpha value is -1.78. The van der Waals surface area contributed by atoms with Gasteiger partial charge in [-0.2, -0.15) is 0 Å². The highest BCUT2D eigenvalue weighted by Gasteiger charge is 2.15. The SMILES string of the molecule is CCCNc1cccc(NCC(=O)N2CCCCC2)n1. The van der Waals surface area contributed by atoms with Gasteiger partial charge in [0.2, 0.25) is 5.91 Å². The van der Waals surface area contributed by atoms with Crippen LogP contribution in [0.4, 0.5) is 11.6 Å². The molecule has 0 atom stereocenters. The average molecular weight is 276 g/mol. The molecule has 0 aromatic carbocycles. The number of nitrogens with one attached hydrogen (secondary N) is 2. The van der Waals surface area contributed by atoms with E-state index in [0.29, 0.717) is 6.54 Å². The molecule has 0 bridgehead atoms. The second-order valence-corrected chi connectivity index (χ2v) is 5.13. The van der Waals surface area contributed by atoms with Crippen molar-refractivity contribution in [2.75, 3.05) is 36.8 Å². The summed E-state index contributed by atoms with van der Waals surface area (Å²) in [5.41, 5.74) is 0. The molecule has 2 heterocycles. The Bertz CT molecular complexity index is 430. The molecule has 0 saturated carbocycles. The molecule has 1 saturated heterocycles. The lowest BCUT2D eigenvalue weighted by atomic mass is 10.1. The third-order valence-corrected chi connectivity index (χ3v) is 3.43. The molecule has 1 fully saturated rings. The van der Waals surface area contributed by atoms with Crippen molar-refractivity contribution >= 4 is 17.5 Å². The Morgan fingerprint density at radius 1 is 1.20 bits per heavy atom. The number of aromatic nitrogens is 1. The second-order valence-electron chi connectivity index (χ2n) is 5.13. The summed E-state index contributed by atoms with van der Waals surface area (Å²) in [6, 6.07) is 5.77. The molecule has 1 aromatic heterocycles. The molecule has 1 aliphatic heterocycles. The molecule has 0 radical (unpaired) electrons.